The van der Waals surface area contributed by atoms with Gasteiger partial charge in [0.2, 0.25) is 0 Å². The molecule has 2 fully saturated rings. The number of guanidine groups is 1. The lowest BCUT2D eigenvalue weighted by Crippen LogP contribution is -2.46. The molecule has 120 valence electrons. The smallest absolute Gasteiger partial charge is 0.191 e. The van der Waals surface area contributed by atoms with E-state index in [0.717, 1.165) is 6.54 Å². The Balaban J connectivity index is 1.56. The van der Waals surface area contributed by atoms with Crippen molar-refractivity contribution in [2.45, 2.75) is 30.7 Å². The van der Waals surface area contributed by atoms with E-state index in [1.807, 2.05) is 6.07 Å². The molecule has 2 N–H and O–H groups in total. The predicted molar refractivity (Wildman–Crippen MR) is 88.9 cm³/mol. The van der Waals surface area contributed by atoms with Crippen LogP contribution in [0.5, 0.6) is 0 Å². The first-order valence-electron chi connectivity index (χ1n) is 7.76. The Hall–Kier alpha value is -1.56. The van der Waals surface area contributed by atoms with Gasteiger partial charge < -0.3 is 10.6 Å². The van der Waals surface area contributed by atoms with Crippen LogP contribution in [0.3, 0.4) is 0 Å². The average molecular weight is 321 g/mol. The van der Waals surface area contributed by atoms with E-state index in [-0.39, 0.29) is 23.0 Å². The standard InChI is InChI=1S/C16H23N3O2S/c1-17-15(19-14-7-10-22(20,21)11-14)18-12-16(8-9-16)13-5-3-2-4-6-13/h2-6,14H,7-12H2,1H3,(H2,17,18,19). The molecule has 1 aliphatic heterocycles. The lowest BCUT2D eigenvalue weighted by molar-refractivity contribution is 0.597. The number of hydrogen-bond donors (Lipinski definition) is 2. The SMILES string of the molecule is CN=C(NCC1(c2ccccc2)CC1)NC1CCS(=O)(=O)C1. The van der Waals surface area contributed by atoms with E-state index < -0.39 is 9.84 Å². The molecule has 1 aromatic carbocycles. The van der Waals surface area contributed by atoms with Crippen molar-refractivity contribution in [3.05, 3.63) is 35.9 Å². The van der Waals surface area contributed by atoms with Crippen LogP contribution in [0, 0.1) is 0 Å². The molecule has 1 aromatic rings. The summed E-state index contributed by atoms with van der Waals surface area (Å²) < 4.78 is 23.0. The van der Waals surface area contributed by atoms with Gasteiger partial charge in [-0.15, -0.1) is 0 Å². The Bertz CT molecular complexity index is 651. The third kappa shape index (κ3) is 3.43. The molecule has 0 radical (unpaired) electrons. The van der Waals surface area contributed by atoms with E-state index in [9.17, 15) is 8.42 Å². The number of hydrogen-bond acceptors (Lipinski definition) is 3. The topological polar surface area (TPSA) is 70.6 Å². The van der Waals surface area contributed by atoms with Crippen LogP contribution < -0.4 is 10.6 Å². The zero-order valence-electron chi connectivity index (χ0n) is 12.9. The van der Waals surface area contributed by atoms with Gasteiger partial charge in [-0.05, 0) is 24.8 Å². The lowest BCUT2D eigenvalue weighted by atomic mass is 9.96. The van der Waals surface area contributed by atoms with Gasteiger partial charge in [-0.25, -0.2) is 8.42 Å². The van der Waals surface area contributed by atoms with E-state index in [2.05, 4.69) is 39.9 Å². The summed E-state index contributed by atoms with van der Waals surface area (Å²) in [5, 5.41) is 6.60. The summed E-state index contributed by atoms with van der Waals surface area (Å²) >= 11 is 0. The molecule has 0 aromatic heterocycles. The highest BCUT2D eigenvalue weighted by Crippen LogP contribution is 2.47. The summed E-state index contributed by atoms with van der Waals surface area (Å²) in [6, 6.07) is 10.5. The van der Waals surface area contributed by atoms with E-state index >= 15 is 0 Å². The quantitative estimate of drug-likeness (QED) is 0.643. The number of nitrogens with one attached hydrogen (secondary N) is 2. The van der Waals surface area contributed by atoms with Crippen LogP contribution >= 0.6 is 0 Å². The Morgan fingerprint density at radius 1 is 1.32 bits per heavy atom. The molecule has 1 saturated carbocycles. The van der Waals surface area contributed by atoms with E-state index in [0.29, 0.717) is 12.4 Å². The summed E-state index contributed by atoms with van der Waals surface area (Å²) in [5.41, 5.74) is 1.57. The number of nitrogens with zero attached hydrogens (tertiary/aromatic N) is 1. The number of sulfone groups is 1. The molecule has 0 bridgehead atoms. The van der Waals surface area contributed by atoms with Crippen molar-refractivity contribution in [3.63, 3.8) is 0 Å². The van der Waals surface area contributed by atoms with Crippen molar-refractivity contribution in [2.75, 3.05) is 25.1 Å². The van der Waals surface area contributed by atoms with Crippen molar-refractivity contribution in [2.24, 2.45) is 4.99 Å². The van der Waals surface area contributed by atoms with Gasteiger partial charge in [0.15, 0.2) is 15.8 Å². The first-order valence-corrected chi connectivity index (χ1v) is 9.58. The third-order valence-electron chi connectivity index (χ3n) is 4.63. The summed E-state index contributed by atoms with van der Waals surface area (Å²) in [6.45, 7) is 0.830. The Morgan fingerprint density at radius 2 is 2.05 bits per heavy atom. The zero-order chi connectivity index (χ0) is 15.6. The first-order chi connectivity index (χ1) is 10.5. The van der Waals surface area contributed by atoms with Crippen molar-refractivity contribution in [3.8, 4) is 0 Å². The molecular formula is C16H23N3O2S. The van der Waals surface area contributed by atoms with Gasteiger partial charge in [0.25, 0.3) is 0 Å². The Kier molecular flexibility index (Phi) is 4.12. The molecule has 3 rings (SSSR count). The van der Waals surface area contributed by atoms with Gasteiger partial charge in [-0.1, -0.05) is 30.3 Å². The van der Waals surface area contributed by atoms with Crippen molar-refractivity contribution < 1.29 is 8.42 Å². The average Bonchev–Trinajstić information content (AvgIpc) is 3.23. The third-order valence-corrected chi connectivity index (χ3v) is 6.40. The minimum Gasteiger partial charge on any atom is -0.356 e. The van der Waals surface area contributed by atoms with Crippen LogP contribution in [0.1, 0.15) is 24.8 Å². The van der Waals surface area contributed by atoms with Crippen LogP contribution in [-0.4, -0.2) is 45.5 Å². The largest absolute Gasteiger partial charge is 0.356 e. The molecule has 22 heavy (non-hydrogen) atoms. The zero-order valence-corrected chi connectivity index (χ0v) is 13.7. The lowest BCUT2D eigenvalue weighted by Gasteiger charge is -2.21. The fourth-order valence-electron chi connectivity index (χ4n) is 3.06. The molecule has 1 unspecified atom stereocenters. The van der Waals surface area contributed by atoms with E-state index in [4.69, 9.17) is 0 Å². The second kappa shape index (κ2) is 5.91. The molecule has 1 aliphatic carbocycles. The Labute approximate surface area is 132 Å². The highest BCUT2D eigenvalue weighted by atomic mass is 32.2. The monoisotopic (exact) mass is 321 g/mol. The molecule has 0 spiro atoms. The summed E-state index contributed by atoms with van der Waals surface area (Å²) in [4.78, 5) is 4.22. The van der Waals surface area contributed by atoms with Crippen LogP contribution in [0.25, 0.3) is 0 Å². The van der Waals surface area contributed by atoms with Crippen LogP contribution in [0.4, 0.5) is 0 Å². The summed E-state index contributed by atoms with van der Waals surface area (Å²) in [5.74, 6) is 1.18. The fraction of sp³-hybridized carbons (Fsp3) is 0.562. The molecule has 2 aliphatic rings. The second-order valence-corrected chi connectivity index (χ2v) is 8.55. The second-order valence-electron chi connectivity index (χ2n) is 6.32. The minimum absolute atomic E-state index is 0.0249. The van der Waals surface area contributed by atoms with Gasteiger partial charge in [-0.3, -0.25) is 4.99 Å². The normalized spacial score (nSPS) is 25.7. The molecular weight excluding hydrogens is 298 g/mol. The summed E-state index contributed by atoms with van der Waals surface area (Å²) in [7, 11) is -1.15. The minimum atomic E-state index is -2.87. The van der Waals surface area contributed by atoms with Gasteiger partial charge >= 0.3 is 0 Å². The van der Waals surface area contributed by atoms with Crippen molar-refractivity contribution >= 4 is 15.8 Å². The fourth-order valence-corrected chi connectivity index (χ4v) is 4.73. The first kappa shape index (κ1) is 15.3. The predicted octanol–water partition coefficient (Wildman–Crippen LogP) is 1.07. The summed E-state index contributed by atoms with van der Waals surface area (Å²) in [6.07, 6.45) is 3.02. The molecule has 1 saturated heterocycles. The van der Waals surface area contributed by atoms with Crippen molar-refractivity contribution in [1.82, 2.24) is 10.6 Å². The Morgan fingerprint density at radius 3 is 2.59 bits per heavy atom. The molecule has 0 amide bonds. The van der Waals surface area contributed by atoms with Gasteiger partial charge in [0.1, 0.15) is 0 Å². The maximum atomic E-state index is 11.5. The molecule has 1 heterocycles. The molecule has 1 atom stereocenters. The molecule has 5 nitrogen and oxygen atoms in total. The highest BCUT2D eigenvalue weighted by molar-refractivity contribution is 7.91. The van der Waals surface area contributed by atoms with E-state index in [1.54, 1.807) is 7.05 Å². The number of aliphatic imine (C=N–C) groups is 1. The van der Waals surface area contributed by atoms with E-state index in [1.165, 1.54) is 18.4 Å². The van der Waals surface area contributed by atoms with Crippen molar-refractivity contribution in [1.29, 1.82) is 0 Å². The number of benzene rings is 1. The molecule has 6 heteroatoms. The van der Waals surface area contributed by atoms with Gasteiger partial charge in [0.05, 0.1) is 11.5 Å². The van der Waals surface area contributed by atoms with Crippen LogP contribution in [0.2, 0.25) is 0 Å². The van der Waals surface area contributed by atoms with Crippen LogP contribution in [0.15, 0.2) is 35.3 Å². The number of rotatable bonds is 4. The van der Waals surface area contributed by atoms with Crippen LogP contribution in [-0.2, 0) is 15.3 Å². The van der Waals surface area contributed by atoms with Gasteiger partial charge in [0, 0.05) is 25.0 Å². The van der Waals surface area contributed by atoms with Gasteiger partial charge in [-0.2, -0.15) is 0 Å². The highest BCUT2D eigenvalue weighted by Gasteiger charge is 2.44. The maximum absolute atomic E-state index is 11.5. The maximum Gasteiger partial charge on any atom is 0.191 e.